The average Bonchev–Trinajstić information content (AvgIpc) is 1.66. The maximum absolute atomic E-state index is 3.61. The van der Waals surface area contributed by atoms with Gasteiger partial charge in [0.2, 0.25) is 0 Å². The van der Waals surface area contributed by atoms with Crippen molar-refractivity contribution in [1.29, 1.82) is 0 Å². The van der Waals surface area contributed by atoms with E-state index in [1.54, 1.807) is 0 Å². The number of unbranched alkanes of at least 4 members (excludes halogenated alkanes) is 2. The number of hydrogen-bond donors (Lipinski definition) is 0. The van der Waals surface area contributed by atoms with Crippen LogP contribution < -0.4 is 0 Å². The maximum atomic E-state index is 3.61. The van der Waals surface area contributed by atoms with Crippen LogP contribution in [0, 0.1) is 0 Å². The Morgan fingerprint density at radius 2 is 1.88 bits per heavy atom. The van der Waals surface area contributed by atoms with E-state index < -0.39 is 12.3 Å². The molecule has 0 spiro atoms. The van der Waals surface area contributed by atoms with Crippen molar-refractivity contribution in [2.75, 3.05) is 0 Å². The first-order valence-corrected chi connectivity index (χ1v) is 16.1. The van der Waals surface area contributed by atoms with Gasteiger partial charge in [0.25, 0.3) is 0 Å². The molecule has 0 aliphatic rings. The van der Waals surface area contributed by atoms with Gasteiger partial charge in [-0.1, -0.05) is 0 Å². The third-order valence-corrected chi connectivity index (χ3v) is 7.56. The third-order valence-electron chi connectivity index (χ3n) is 1.03. The van der Waals surface area contributed by atoms with E-state index in [2.05, 4.69) is 34.0 Å². The molecule has 0 nitrogen and oxygen atoms in total. The van der Waals surface area contributed by atoms with E-state index >= 15 is 0 Å². The van der Waals surface area contributed by atoms with Gasteiger partial charge in [-0.05, 0) is 0 Å². The Labute approximate surface area is 70.1 Å². The van der Waals surface area contributed by atoms with Crippen LogP contribution in [0.15, 0.2) is 0 Å². The summed E-state index contributed by atoms with van der Waals surface area (Å²) < 4.78 is 0. The second kappa shape index (κ2) is 6.71. The Hall–Kier alpha value is 1.60. The second-order valence-corrected chi connectivity index (χ2v) is 22.6. The van der Waals surface area contributed by atoms with Crippen LogP contribution in [0.3, 0.4) is 0 Å². The van der Waals surface area contributed by atoms with Crippen molar-refractivity contribution in [2.24, 2.45) is 0 Å². The Balaban J connectivity index is 2.72. The molecule has 0 aliphatic heterocycles. The summed E-state index contributed by atoms with van der Waals surface area (Å²) >= 11 is 6.25. The molecule has 0 aliphatic carbocycles. The van der Waals surface area contributed by atoms with E-state index in [0.717, 1.165) is 0 Å². The summed E-state index contributed by atoms with van der Waals surface area (Å²) in [6.45, 7) is 2.24. The number of halogens is 2. The minimum atomic E-state index is -0.964. The van der Waals surface area contributed by atoms with Crippen LogP contribution in [0.2, 0.25) is 4.98 Å². The number of rotatable bonds is 4. The molecule has 0 saturated heterocycles. The van der Waals surface area contributed by atoms with E-state index in [9.17, 15) is 0 Å². The van der Waals surface area contributed by atoms with Crippen LogP contribution in [0.1, 0.15) is 26.2 Å². The standard InChI is InChI=1S/C5H11.2BrH.Ga/c1-3-5-4-2;;;/h1,3-5H2,2H3;2*1H;/q;;;+2/p-2. The molecule has 0 aromatic rings. The third kappa shape index (κ3) is 7.60. The predicted molar refractivity (Wildman–Crippen MR) is 47.9 cm³/mol. The molecular formula is C5H11Br2Ga. The molecule has 0 heterocycles. The normalized spacial score (nSPS) is 9.38. The fraction of sp³-hybridized carbons (Fsp3) is 1.00. The first kappa shape index (κ1) is 9.60. The van der Waals surface area contributed by atoms with Gasteiger partial charge in [-0.15, -0.1) is 0 Å². The molecule has 0 aromatic heterocycles. The van der Waals surface area contributed by atoms with E-state index in [-0.39, 0.29) is 0 Å². The van der Waals surface area contributed by atoms with Crippen LogP contribution in [-0.2, 0) is 0 Å². The van der Waals surface area contributed by atoms with Gasteiger partial charge in [-0.2, -0.15) is 0 Å². The van der Waals surface area contributed by atoms with E-state index in [0.29, 0.717) is 0 Å². The van der Waals surface area contributed by atoms with Crippen molar-refractivity contribution >= 4 is 39.4 Å². The van der Waals surface area contributed by atoms with Crippen LogP contribution in [0.4, 0.5) is 0 Å². The van der Waals surface area contributed by atoms with Crippen LogP contribution in [0.25, 0.3) is 0 Å². The number of hydrogen-bond acceptors (Lipinski definition) is 0. The molecule has 48 valence electrons. The molecule has 0 saturated carbocycles. The Kier molecular flexibility index (Phi) is 8.05. The Bertz CT molecular complexity index is 47.7. The van der Waals surface area contributed by atoms with Gasteiger partial charge >= 0.3 is 70.5 Å². The predicted octanol–water partition coefficient (Wildman–Crippen LogP) is 3.45. The topological polar surface area (TPSA) is 0 Å². The molecule has 0 fully saturated rings. The minimum absolute atomic E-state index is 0.964. The summed E-state index contributed by atoms with van der Waals surface area (Å²) in [5, 5.41) is 0. The SMILES string of the molecule is CCCC[CH2][Ga]([Br])[Br]. The molecular weight excluding hydrogens is 290 g/mol. The monoisotopic (exact) mass is 298 g/mol. The zero-order valence-electron chi connectivity index (χ0n) is 5.16. The van der Waals surface area contributed by atoms with Crippen molar-refractivity contribution in [3.05, 3.63) is 0 Å². The molecule has 0 amide bonds. The molecule has 0 N–H and O–H groups in total. The average molecular weight is 301 g/mol. The quantitative estimate of drug-likeness (QED) is 0.551. The van der Waals surface area contributed by atoms with Crippen molar-refractivity contribution in [3.8, 4) is 0 Å². The van der Waals surface area contributed by atoms with Gasteiger partial charge in [0, 0.05) is 0 Å². The first-order valence-electron chi connectivity index (χ1n) is 3.05. The van der Waals surface area contributed by atoms with Crippen molar-refractivity contribution in [1.82, 2.24) is 0 Å². The Morgan fingerprint density at radius 1 is 1.25 bits per heavy atom. The zero-order valence-corrected chi connectivity index (χ0v) is 10.8. The van der Waals surface area contributed by atoms with Gasteiger partial charge in [-0.3, -0.25) is 0 Å². The van der Waals surface area contributed by atoms with Crippen molar-refractivity contribution in [3.63, 3.8) is 0 Å². The van der Waals surface area contributed by atoms with Gasteiger partial charge < -0.3 is 0 Å². The van der Waals surface area contributed by atoms with Gasteiger partial charge in [0.15, 0.2) is 0 Å². The van der Waals surface area contributed by atoms with Crippen LogP contribution >= 0.6 is 27.1 Å². The van der Waals surface area contributed by atoms with Gasteiger partial charge in [-0.25, -0.2) is 0 Å². The zero-order chi connectivity index (χ0) is 6.41. The Morgan fingerprint density at radius 3 is 2.25 bits per heavy atom. The second-order valence-electron chi connectivity index (χ2n) is 1.89. The molecule has 0 radical (unpaired) electrons. The molecule has 0 rings (SSSR count). The molecule has 0 aromatic carbocycles. The fourth-order valence-corrected chi connectivity index (χ4v) is 5.17. The summed E-state index contributed by atoms with van der Waals surface area (Å²) in [5.41, 5.74) is 0. The van der Waals surface area contributed by atoms with Crippen LogP contribution in [-0.4, -0.2) is 12.3 Å². The van der Waals surface area contributed by atoms with E-state index in [4.69, 9.17) is 0 Å². The summed E-state index contributed by atoms with van der Waals surface area (Å²) in [4.78, 5) is 1.43. The van der Waals surface area contributed by atoms with E-state index in [1.807, 2.05) is 0 Å². The fourth-order valence-electron chi connectivity index (χ4n) is 0.549. The summed E-state index contributed by atoms with van der Waals surface area (Å²) in [5.74, 6) is 0. The summed E-state index contributed by atoms with van der Waals surface area (Å²) in [7, 11) is 0. The molecule has 0 bridgehead atoms. The molecule has 8 heavy (non-hydrogen) atoms. The molecule has 3 heteroatoms. The molecule has 0 unspecified atom stereocenters. The first-order chi connectivity index (χ1) is 3.77. The van der Waals surface area contributed by atoms with Gasteiger partial charge in [0.1, 0.15) is 0 Å². The van der Waals surface area contributed by atoms with Gasteiger partial charge in [0.05, 0.1) is 0 Å². The summed E-state index contributed by atoms with van der Waals surface area (Å²) in [6, 6.07) is 0. The summed E-state index contributed by atoms with van der Waals surface area (Å²) in [6.07, 6.45) is 4.16. The van der Waals surface area contributed by atoms with Crippen molar-refractivity contribution < 1.29 is 0 Å². The van der Waals surface area contributed by atoms with Crippen molar-refractivity contribution in [2.45, 2.75) is 31.2 Å². The van der Waals surface area contributed by atoms with Crippen LogP contribution in [0.5, 0.6) is 0 Å². The molecule has 0 atom stereocenters. The van der Waals surface area contributed by atoms with E-state index in [1.165, 1.54) is 24.2 Å².